The van der Waals surface area contributed by atoms with E-state index < -0.39 is 0 Å². The molecular weight excluding hydrogens is 192 g/mol. The summed E-state index contributed by atoms with van der Waals surface area (Å²) < 4.78 is 0. The second-order valence-electron chi connectivity index (χ2n) is 3.93. The average Bonchev–Trinajstić information content (AvgIpc) is 2.26. The lowest BCUT2D eigenvalue weighted by atomic mass is 9.95. The predicted molar refractivity (Wildman–Crippen MR) is 63.7 cm³/mol. The van der Waals surface area contributed by atoms with E-state index in [9.17, 15) is 0 Å². The smallest absolute Gasteiger partial charge is 0.0610 e. The van der Waals surface area contributed by atoms with Gasteiger partial charge >= 0.3 is 0 Å². The van der Waals surface area contributed by atoms with Gasteiger partial charge in [0, 0.05) is 0 Å². The normalized spacial score (nSPS) is 15.1. The van der Waals surface area contributed by atoms with E-state index >= 15 is 0 Å². The maximum Gasteiger partial charge on any atom is 0.0610 e. The molecule has 0 N–H and O–H groups in total. The molecule has 0 saturated carbocycles. The van der Waals surface area contributed by atoms with E-state index in [-0.39, 0.29) is 5.38 Å². The number of hydrogen-bond acceptors (Lipinski definition) is 0. The minimum Gasteiger partial charge on any atom is -0.118 e. The monoisotopic (exact) mass is 210 g/mol. The molecule has 1 rings (SSSR count). The van der Waals surface area contributed by atoms with Crippen molar-refractivity contribution in [2.45, 2.75) is 38.5 Å². The first-order valence-electron chi connectivity index (χ1n) is 5.44. The van der Waals surface area contributed by atoms with Gasteiger partial charge in [0.2, 0.25) is 0 Å². The lowest BCUT2D eigenvalue weighted by Crippen LogP contribution is -2.03. The van der Waals surface area contributed by atoms with Gasteiger partial charge in [0.1, 0.15) is 0 Å². The van der Waals surface area contributed by atoms with Gasteiger partial charge in [-0.05, 0) is 17.9 Å². The zero-order chi connectivity index (χ0) is 10.4. The van der Waals surface area contributed by atoms with Crippen LogP contribution in [0.2, 0.25) is 0 Å². The summed E-state index contributed by atoms with van der Waals surface area (Å²) in [7, 11) is 0. The Bertz CT molecular complexity index is 243. The molecule has 0 aliphatic rings. The molecule has 78 valence electrons. The molecule has 0 amide bonds. The predicted octanol–water partition coefficient (Wildman–Crippen LogP) is 4.79. The van der Waals surface area contributed by atoms with Gasteiger partial charge in [-0.3, -0.25) is 0 Å². The SMILES string of the molecule is CCCCC(C)C(Cl)c1ccccc1. The van der Waals surface area contributed by atoms with Crippen LogP contribution in [0.1, 0.15) is 44.1 Å². The van der Waals surface area contributed by atoms with Crippen molar-refractivity contribution in [3.8, 4) is 0 Å². The van der Waals surface area contributed by atoms with Gasteiger partial charge in [0.25, 0.3) is 0 Å². The molecular formula is C13H19Cl. The molecule has 0 nitrogen and oxygen atoms in total. The Morgan fingerprint density at radius 2 is 1.86 bits per heavy atom. The third kappa shape index (κ3) is 3.34. The second-order valence-corrected chi connectivity index (χ2v) is 4.40. The van der Waals surface area contributed by atoms with E-state index in [1.54, 1.807) is 0 Å². The highest BCUT2D eigenvalue weighted by Crippen LogP contribution is 2.31. The number of hydrogen-bond donors (Lipinski definition) is 0. The van der Waals surface area contributed by atoms with E-state index in [2.05, 4.69) is 38.1 Å². The lowest BCUT2D eigenvalue weighted by Gasteiger charge is -2.17. The zero-order valence-electron chi connectivity index (χ0n) is 9.04. The van der Waals surface area contributed by atoms with Gasteiger partial charge in [0.15, 0.2) is 0 Å². The van der Waals surface area contributed by atoms with Gasteiger partial charge in [-0.15, -0.1) is 11.6 Å². The minimum atomic E-state index is 0.169. The van der Waals surface area contributed by atoms with E-state index in [1.807, 2.05) is 6.07 Å². The maximum atomic E-state index is 6.39. The van der Waals surface area contributed by atoms with Crippen LogP contribution in [0.4, 0.5) is 0 Å². The van der Waals surface area contributed by atoms with Gasteiger partial charge in [0.05, 0.1) is 5.38 Å². The summed E-state index contributed by atoms with van der Waals surface area (Å²) in [6.45, 7) is 4.46. The molecule has 1 aromatic carbocycles. The number of benzene rings is 1. The van der Waals surface area contributed by atoms with Crippen LogP contribution in [0.5, 0.6) is 0 Å². The molecule has 1 heteroatoms. The molecule has 1 aromatic rings. The molecule has 0 aromatic heterocycles. The van der Waals surface area contributed by atoms with Gasteiger partial charge in [-0.1, -0.05) is 57.0 Å². The highest BCUT2D eigenvalue weighted by Gasteiger charge is 2.15. The number of alkyl halides is 1. The van der Waals surface area contributed by atoms with Crippen molar-refractivity contribution in [2.24, 2.45) is 5.92 Å². The Morgan fingerprint density at radius 1 is 1.21 bits per heavy atom. The minimum absolute atomic E-state index is 0.169. The van der Waals surface area contributed by atoms with E-state index in [1.165, 1.54) is 24.8 Å². The average molecular weight is 211 g/mol. The number of halogens is 1. The highest BCUT2D eigenvalue weighted by atomic mass is 35.5. The van der Waals surface area contributed by atoms with Gasteiger partial charge < -0.3 is 0 Å². The second kappa shape index (κ2) is 6.08. The lowest BCUT2D eigenvalue weighted by molar-refractivity contribution is 0.490. The quantitative estimate of drug-likeness (QED) is 0.613. The van der Waals surface area contributed by atoms with Crippen LogP contribution in [-0.4, -0.2) is 0 Å². The third-order valence-corrected chi connectivity index (χ3v) is 3.31. The van der Waals surface area contributed by atoms with Gasteiger partial charge in [-0.2, -0.15) is 0 Å². The largest absolute Gasteiger partial charge is 0.118 e. The summed E-state index contributed by atoms with van der Waals surface area (Å²) >= 11 is 6.39. The van der Waals surface area contributed by atoms with Crippen molar-refractivity contribution in [3.05, 3.63) is 35.9 Å². The fraction of sp³-hybridized carbons (Fsp3) is 0.538. The molecule has 0 saturated heterocycles. The van der Waals surface area contributed by atoms with Crippen LogP contribution in [-0.2, 0) is 0 Å². The molecule has 0 radical (unpaired) electrons. The van der Waals surface area contributed by atoms with E-state index in [0.29, 0.717) is 5.92 Å². The molecule has 0 bridgehead atoms. The van der Waals surface area contributed by atoms with Crippen LogP contribution in [0.15, 0.2) is 30.3 Å². The van der Waals surface area contributed by atoms with Crippen molar-refractivity contribution < 1.29 is 0 Å². The summed E-state index contributed by atoms with van der Waals surface area (Å²) in [5.41, 5.74) is 1.25. The molecule has 0 aliphatic heterocycles. The van der Waals surface area contributed by atoms with Crippen molar-refractivity contribution in [2.75, 3.05) is 0 Å². The first-order valence-corrected chi connectivity index (χ1v) is 5.88. The first-order chi connectivity index (χ1) is 6.75. The zero-order valence-corrected chi connectivity index (χ0v) is 9.80. The standard InChI is InChI=1S/C13H19Cl/c1-3-4-8-11(2)13(14)12-9-6-5-7-10-12/h5-7,9-11,13H,3-4,8H2,1-2H3. The summed E-state index contributed by atoms with van der Waals surface area (Å²) in [4.78, 5) is 0. The summed E-state index contributed by atoms with van der Waals surface area (Å²) in [5, 5.41) is 0.169. The van der Waals surface area contributed by atoms with Gasteiger partial charge in [-0.25, -0.2) is 0 Å². The maximum absolute atomic E-state index is 6.39. The van der Waals surface area contributed by atoms with Crippen LogP contribution in [0.3, 0.4) is 0 Å². The summed E-state index contributed by atoms with van der Waals surface area (Å²) in [6.07, 6.45) is 3.75. The Kier molecular flexibility index (Phi) is 5.03. The fourth-order valence-corrected chi connectivity index (χ4v) is 1.91. The Morgan fingerprint density at radius 3 is 2.43 bits per heavy atom. The van der Waals surface area contributed by atoms with Crippen LogP contribution in [0.25, 0.3) is 0 Å². The summed E-state index contributed by atoms with van der Waals surface area (Å²) in [6, 6.07) is 10.4. The molecule has 0 spiro atoms. The molecule has 0 heterocycles. The Labute approximate surface area is 92.3 Å². The third-order valence-electron chi connectivity index (χ3n) is 2.63. The Balaban J connectivity index is 2.52. The van der Waals surface area contributed by atoms with Crippen molar-refractivity contribution in [3.63, 3.8) is 0 Å². The van der Waals surface area contributed by atoms with Crippen LogP contribution < -0.4 is 0 Å². The topological polar surface area (TPSA) is 0 Å². The van der Waals surface area contributed by atoms with Crippen LogP contribution >= 0.6 is 11.6 Å². The molecule has 14 heavy (non-hydrogen) atoms. The summed E-state index contributed by atoms with van der Waals surface area (Å²) in [5.74, 6) is 0.569. The van der Waals surface area contributed by atoms with E-state index in [4.69, 9.17) is 11.6 Å². The van der Waals surface area contributed by atoms with Crippen molar-refractivity contribution >= 4 is 11.6 Å². The Hall–Kier alpha value is -0.490. The first kappa shape index (κ1) is 11.6. The van der Waals surface area contributed by atoms with Crippen LogP contribution in [0, 0.1) is 5.92 Å². The van der Waals surface area contributed by atoms with E-state index in [0.717, 1.165) is 0 Å². The highest BCUT2D eigenvalue weighted by molar-refractivity contribution is 6.20. The fourth-order valence-electron chi connectivity index (χ4n) is 1.64. The van der Waals surface area contributed by atoms with Crippen molar-refractivity contribution in [1.82, 2.24) is 0 Å². The molecule has 2 atom stereocenters. The van der Waals surface area contributed by atoms with Crippen molar-refractivity contribution in [1.29, 1.82) is 0 Å². The number of rotatable bonds is 5. The molecule has 2 unspecified atom stereocenters. The number of unbranched alkanes of at least 4 members (excludes halogenated alkanes) is 1. The molecule has 0 fully saturated rings. The molecule has 0 aliphatic carbocycles.